The Hall–Kier alpha value is -2.24. The number of aromatic nitrogens is 2. The SMILES string of the molecule is NCc1cccc(-c2nc(-c3ccc(F)c(Cl)c3)no2)c1. The summed E-state index contributed by atoms with van der Waals surface area (Å²) in [6.07, 6.45) is 0. The van der Waals surface area contributed by atoms with Gasteiger partial charge in [0.2, 0.25) is 5.82 Å². The van der Waals surface area contributed by atoms with Crippen molar-refractivity contribution in [2.75, 3.05) is 0 Å². The molecule has 1 heterocycles. The van der Waals surface area contributed by atoms with Crippen LogP contribution >= 0.6 is 11.6 Å². The molecule has 2 N–H and O–H groups in total. The maximum absolute atomic E-state index is 13.2. The normalized spacial score (nSPS) is 10.8. The second-order valence-corrected chi connectivity index (χ2v) is 4.86. The number of benzene rings is 2. The summed E-state index contributed by atoms with van der Waals surface area (Å²) in [6, 6.07) is 11.8. The number of nitrogens with two attached hydrogens (primary N) is 1. The van der Waals surface area contributed by atoms with Gasteiger partial charge < -0.3 is 10.3 Å². The van der Waals surface area contributed by atoms with Gasteiger partial charge >= 0.3 is 0 Å². The largest absolute Gasteiger partial charge is 0.334 e. The summed E-state index contributed by atoms with van der Waals surface area (Å²) >= 11 is 5.75. The minimum atomic E-state index is -0.486. The molecular weight excluding hydrogens is 293 g/mol. The first-order chi connectivity index (χ1) is 10.2. The van der Waals surface area contributed by atoms with Crippen molar-refractivity contribution < 1.29 is 8.91 Å². The molecule has 0 radical (unpaired) electrons. The Morgan fingerprint density at radius 1 is 1.14 bits per heavy atom. The smallest absolute Gasteiger partial charge is 0.258 e. The van der Waals surface area contributed by atoms with E-state index < -0.39 is 5.82 Å². The fourth-order valence-corrected chi connectivity index (χ4v) is 2.11. The van der Waals surface area contributed by atoms with Crippen LogP contribution in [0.2, 0.25) is 5.02 Å². The van der Waals surface area contributed by atoms with Gasteiger partial charge in [0, 0.05) is 17.7 Å². The van der Waals surface area contributed by atoms with Gasteiger partial charge in [0.05, 0.1) is 5.02 Å². The van der Waals surface area contributed by atoms with Gasteiger partial charge in [-0.3, -0.25) is 0 Å². The van der Waals surface area contributed by atoms with Crippen LogP contribution in [0.4, 0.5) is 4.39 Å². The average Bonchev–Trinajstić information content (AvgIpc) is 3.00. The van der Waals surface area contributed by atoms with Gasteiger partial charge in [-0.15, -0.1) is 0 Å². The van der Waals surface area contributed by atoms with Gasteiger partial charge in [-0.1, -0.05) is 28.9 Å². The highest BCUT2D eigenvalue weighted by atomic mass is 35.5. The third-order valence-corrected chi connectivity index (χ3v) is 3.30. The van der Waals surface area contributed by atoms with E-state index in [0.717, 1.165) is 11.1 Å². The van der Waals surface area contributed by atoms with Gasteiger partial charge in [-0.25, -0.2) is 4.39 Å². The topological polar surface area (TPSA) is 64.9 Å². The van der Waals surface area contributed by atoms with Crippen LogP contribution in [0.5, 0.6) is 0 Å². The summed E-state index contributed by atoms with van der Waals surface area (Å²) in [6.45, 7) is 0.433. The lowest BCUT2D eigenvalue weighted by Gasteiger charge is -1.98. The molecule has 4 nitrogen and oxygen atoms in total. The molecule has 0 amide bonds. The zero-order chi connectivity index (χ0) is 14.8. The van der Waals surface area contributed by atoms with Gasteiger partial charge in [0.25, 0.3) is 5.89 Å². The Morgan fingerprint density at radius 2 is 2.00 bits per heavy atom. The van der Waals surface area contributed by atoms with Crippen molar-refractivity contribution in [3.05, 3.63) is 58.9 Å². The Labute approximate surface area is 125 Å². The number of halogens is 2. The predicted octanol–water partition coefficient (Wildman–Crippen LogP) is 3.65. The van der Waals surface area contributed by atoms with E-state index in [1.165, 1.54) is 12.1 Å². The van der Waals surface area contributed by atoms with Gasteiger partial charge in [0.1, 0.15) is 5.82 Å². The van der Waals surface area contributed by atoms with E-state index >= 15 is 0 Å². The molecule has 0 aliphatic carbocycles. The molecule has 0 aliphatic rings. The minimum absolute atomic E-state index is 0.0176. The van der Waals surface area contributed by atoms with Gasteiger partial charge in [-0.05, 0) is 35.9 Å². The number of hydrogen-bond acceptors (Lipinski definition) is 4. The van der Waals surface area contributed by atoms with Crippen LogP contribution in [0, 0.1) is 5.82 Å². The van der Waals surface area contributed by atoms with Crippen LogP contribution in [0.1, 0.15) is 5.56 Å². The van der Waals surface area contributed by atoms with E-state index in [1.54, 1.807) is 6.07 Å². The fraction of sp³-hybridized carbons (Fsp3) is 0.0667. The molecule has 0 aliphatic heterocycles. The van der Waals surface area contributed by atoms with Crippen LogP contribution in [0.3, 0.4) is 0 Å². The maximum atomic E-state index is 13.2. The molecule has 3 aromatic rings. The lowest BCUT2D eigenvalue weighted by Crippen LogP contribution is -1.95. The zero-order valence-electron chi connectivity index (χ0n) is 10.9. The average molecular weight is 304 g/mol. The maximum Gasteiger partial charge on any atom is 0.258 e. The standard InChI is InChI=1S/C15H11ClFN3O/c16-12-7-10(4-5-13(12)17)14-19-15(21-20-14)11-3-1-2-9(6-11)8-18/h1-7H,8,18H2. The number of nitrogens with zero attached hydrogens (tertiary/aromatic N) is 2. The second kappa shape index (κ2) is 5.63. The van der Waals surface area contributed by atoms with Crippen LogP contribution in [0.15, 0.2) is 47.0 Å². The lowest BCUT2D eigenvalue weighted by molar-refractivity contribution is 0.432. The molecule has 0 bridgehead atoms. The summed E-state index contributed by atoms with van der Waals surface area (Å²) in [7, 11) is 0. The Kier molecular flexibility index (Phi) is 3.68. The van der Waals surface area contributed by atoms with Crippen molar-refractivity contribution >= 4 is 11.6 Å². The van der Waals surface area contributed by atoms with Crippen LogP contribution in [-0.2, 0) is 6.54 Å². The van der Waals surface area contributed by atoms with E-state index in [0.29, 0.717) is 23.8 Å². The first-order valence-electron chi connectivity index (χ1n) is 6.26. The van der Waals surface area contributed by atoms with Crippen LogP contribution in [-0.4, -0.2) is 10.1 Å². The summed E-state index contributed by atoms with van der Waals surface area (Å²) in [5.74, 6) is 0.241. The molecule has 3 rings (SSSR count). The molecule has 0 fully saturated rings. The summed E-state index contributed by atoms with van der Waals surface area (Å²) < 4.78 is 18.4. The number of rotatable bonds is 3. The summed E-state index contributed by atoms with van der Waals surface area (Å²) in [4.78, 5) is 4.30. The van der Waals surface area contributed by atoms with E-state index in [4.69, 9.17) is 21.9 Å². The van der Waals surface area contributed by atoms with Crippen molar-refractivity contribution in [3.63, 3.8) is 0 Å². The molecule has 0 atom stereocenters. The quantitative estimate of drug-likeness (QED) is 0.802. The molecule has 0 saturated carbocycles. The number of hydrogen-bond donors (Lipinski definition) is 1. The molecule has 6 heteroatoms. The van der Waals surface area contributed by atoms with Crippen LogP contribution < -0.4 is 5.73 Å². The molecule has 1 aromatic heterocycles. The first-order valence-corrected chi connectivity index (χ1v) is 6.63. The van der Waals surface area contributed by atoms with Crippen molar-refractivity contribution in [2.45, 2.75) is 6.54 Å². The molecular formula is C15H11ClFN3O. The highest BCUT2D eigenvalue weighted by molar-refractivity contribution is 6.31. The monoisotopic (exact) mass is 303 g/mol. The molecule has 0 saturated heterocycles. The minimum Gasteiger partial charge on any atom is -0.334 e. The van der Waals surface area contributed by atoms with E-state index in [9.17, 15) is 4.39 Å². The fourth-order valence-electron chi connectivity index (χ4n) is 1.92. The van der Waals surface area contributed by atoms with E-state index in [1.807, 2.05) is 24.3 Å². The summed E-state index contributed by atoms with van der Waals surface area (Å²) in [5.41, 5.74) is 7.95. The second-order valence-electron chi connectivity index (χ2n) is 4.46. The van der Waals surface area contributed by atoms with Crippen molar-refractivity contribution in [3.8, 4) is 22.8 Å². The van der Waals surface area contributed by atoms with Crippen molar-refractivity contribution in [1.29, 1.82) is 0 Å². The molecule has 106 valence electrons. The first kappa shape index (κ1) is 13.7. The van der Waals surface area contributed by atoms with E-state index in [-0.39, 0.29) is 5.02 Å². The van der Waals surface area contributed by atoms with E-state index in [2.05, 4.69) is 10.1 Å². The zero-order valence-corrected chi connectivity index (χ0v) is 11.6. The highest BCUT2D eigenvalue weighted by Gasteiger charge is 2.12. The van der Waals surface area contributed by atoms with Crippen molar-refractivity contribution in [2.24, 2.45) is 5.73 Å². The third kappa shape index (κ3) is 2.79. The highest BCUT2D eigenvalue weighted by Crippen LogP contribution is 2.25. The summed E-state index contributed by atoms with van der Waals surface area (Å²) in [5, 5.41) is 3.91. The van der Waals surface area contributed by atoms with Crippen molar-refractivity contribution in [1.82, 2.24) is 10.1 Å². The van der Waals surface area contributed by atoms with Gasteiger partial charge in [0.15, 0.2) is 0 Å². The third-order valence-electron chi connectivity index (χ3n) is 3.01. The predicted molar refractivity (Wildman–Crippen MR) is 78.0 cm³/mol. The lowest BCUT2D eigenvalue weighted by atomic mass is 10.1. The molecule has 0 unspecified atom stereocenters. The van der Waals surface area contributed by atoms with Crippen LogP contribution in [0.25, 0.3) is 22.8 Å². The Morgan fingerprint density at radius 3 is 2.76 bits per heavy atom. The molecule has 21 heavy (non-hydrogen) atoms. The molecule has 0 spiro atoms. The van der Waals surface area contributed by atoms with Gasteiger partial charge in [-0.2, -0.15) is 4.98 Å². The Balaban J connectivity index is 1.97. The Bertz CT molecular complexity index is 788. The molecule has 2 aromatic carbocycles.